The van der Waals surface area contributed by atoms with Gasteiger partial charge in [0.25, 0.3) is 0 Å². The van der Waals surface area contributed by atoms with E-state index in [4.69, 9.17) is 0 Å². The fourth-order valence-electron chi connectivity index (χ4n) is 4.35. The molecule has 1 aromatic carbocycles. The molecule has 7 heteroatoms. The van der Waals surface area contributed by atoms with Crippen LogP contribution >= 0.6 is 0 Å². The van der Waals surface area contributed by atoms with Crippen LogP contribution in [0.5, 0.6) is 0 Å². The minimum atomic E-state index is -3.28. The first kappa shape index (κ1) is 16.6. The summed E-state index contributed by atoms with van der Waals surface area (Å²) >= 11 is 0. The van der Waals surface area contributed by atoms with Gasteiger partial charge in [-0.3, -0.25) is 14.6 Å². The highest BCUT2D eigenvalue weighted by molar-refractivity contribution is 7.92. The molecular weight excluding hydrogens is 360 g/mol. The van der Waals surface area contributed by atoms with Gasteiger partial charge in [-0.2, -0.15) is 5.10 Å². The quantitative estimate of drug-likeness (QED) is 0.697. The first-order valence-corrected chi connectivity index (χ1v) is 10.5. The number of aryl methyl sites for hydroxylation is 1. The number of pyridine rings is 1. The molecule has 4 heterocycles. The van der Waals surface area contributed by atoms with Crippen molar-refractivity contribution >= 4 is 9.84 Å². The Morgan fingerprint density at radius 1 is 1.15 bits per heavy atom. The monoisotopic (exact) mass is 380 g/mol. The number of sulfone groups is 1. The largest absolute Gasteiger partial charge is 0.297 e. The van der Waals surface area contributed by atoms with E-state index in [-0.39, 0.29) is 11.2 Å². The Morgan fingerprint density at radius 3 is 2.78 bits per heavy atom. The summed E-state index contributed by atoms with van der Waals surface area (Å²) in [5, 5.41) is 3.87. The Balaban J connectivity index is 1.48. The normalized spacial score (nSPS) is 23.3. The number of fused-ring (bicyclic) bond motifs is 3. The summed E-state index contributed by atoms with van der Waals surface area (Å²) in [6.07, 6.45) is 7.36. The topological polar surface area (TPSA) is 68.1 Å². The van der Waals surface area contributed by atoms with Crippen molar-refractivity contribution in [2.75, 3.05) is 13.1 Å². The fourth-order valence-corrected chi connectivity index (χ4v) is 6.55. The Labute approximate surface area is 158 Å². The van der Waals surface area contributed by atoms with Crippen molar-refractivity contribution in [1.82, 2.24) is 19.7 Å². The molecule has 3 aromatic rings. The van der Waals surface area contributed by atoms with E-state index < -0.39 is 9.84 Å². The van der Waals surface area contributed by atoms with Gasteiger partial charge in [-0.15, -0.1) is 0 Å². The fraction of sp³-hybridized carbons (Fsp3) is 0.300. The Kier molecular flexibility index (Phi) is 3.70. The number of benzene rings is 1. The molecule has 0 radical (unpaired) electrons. The van der Waals surface area contributed by atoms with Crippen molar-refractivity contribution in [2.24, 2.45) is 7.05 Å². The molecule has 5 rings (SSSR count). The molecule has 138 valence electrons. The number of aromatic nitrogens is 3. The SMILES string of the molecule is Cn1cc(-c2ccc3c(c2)[C@@H]2CN(Cc4cccnc4)C[C@H]2S3(=O)=O)cn1. The molecule has 0 amide bonds. The number of likely N-dealkylation sites (tertiary alicyclic amines) is 1. The van der Waals surface area contributed by atoms with Crippen LogP contribution in [-0.4, -0.2) is 46.4 Å². The molecule has 27 heavy (non-hydrogen) atoms. The zero-order chi connectivity index (χ0) is 18.6. The van der Waals surface area contributed by atoms with Gasteiger partial charge in [0.15, 0.2) is 9.84 Å². The van der Waals surface area contributed by atoms with Crippen LogP contribution < -0.4 is 0 Å². The predicted octanol–water partition coefficient (Wildman–Crippen LogP) is 2.24. The second-order valence-electron chi connectivity index (χ2n) is 7.40. The lowest BCUT2D eigenvalue weighted by atomic mass is 9.95. The van der Waals surface area contributed by atoms with Gasteiger partial charge >= 0.3 is 0 Å². The highest BCUT2D eigenvalue weighted by Crippen LogP contribution is 2.46. The van der Waals surface area contributed by atoms with E-state index in [1.807, 2.05) is 49.9 Å². The molecule has 2 aliphatic heterocycles. The van der Waals surface area contributed by atoms with Gasteiger partial charge in [0.2, 0.25) is 0 Å². The molecule has 2 aromatic heterocycles. The lowest BCUT2D eigenvalue weighted by Gasteiger charge is -2.17. The maximum Gasteiger partial charge on any atom is 0.183 e. The third kappa shape index (κ3) is 2.69. The lowest BCUT2D eigenvalue weighted by molar-refractivity contribution is 0.325. The van der Waals surface area contributed by atoms with Crippen molar-refractivity contribution in [3.05, 3.63) is 66.2 Å². The molecule has 1 saturated heterocycles. The highest BCUT2D eigenvalue weighted by Gasteiger charge is 2.50. The number of hydrogen-bond donors (Lipinski definition) is 0. The zero-order valence-electron chi connectivity index (χ0n) is 15.0. The minimum Gasteiger partial charge on any atom is -0.297 e. The van der Waals surface area contributed by atoms with Gasteiger partial charge < -0.3 is 0 Å². The van der Waals surface area contributed by atoms with E-state index in [9.17, 15) is 8.42 Å². The molecule has 0 bridgehead atoms. The van der Waals surface area contributed by atoms with E-state index in [1.54, 1.807) is 16.9 Å². The van der Waals surface area contributed by atoms with Gasteiger partial charge in [0.1, 0.15) is 0 Å². The molecule has 2 aliphatic rings. The molecule has 2 atom stereocenters. The second-order valence-corrected chi connectivity index (χ2v) is 9.54. The zero-order valence-corrected chi connectivity index (χ0v) is 15.8. The molecule has 6 nitrogen and oxygen atoms in total. The highest BCUT2D eigenvalue weighted by atomic mass is 32.2. The van der Waals surface area contributed by atoms with E-state index >= 15 is 0 Å². The van der Waals surface area contributed by atoms with Gasteiger partial charge in [0.05, 0.1) is 16.3 Å². The van der Waals surface area contributed by atoms with Gasteiger partial charge in [-0.1, -0.05) is 12.1 Å². The van der Waals surface area contributed by atoms with E-state index in [2.05, 4.69) is 15.0 Å². The summed E-state index contributed by atoms with van der Waals surface area (Å²) in [4.78, 5) is 6.89. The van der Waals surface area contributed by atoms with Crippen molar-refractivity contribution in [3.63, 3.8) is 0 Å². The summed E-state index contributed by atoms with van der Waals surface area (Å²) in [7, 11) is -1.40. The number of hydrogen-bond acceptors (Lipinski definition) is 5. The summed E-state index contributed by atoms with van der Waals surface area (Å²) in [5.41, 5.74) is 4.09. The minimum absolute atomic E-state index is 0.0262. The standard InChI is InChI=1S/C20H20N4O2S/c1-23-11-16(9-22-23)15-4-5-19-17(7-15)18-12-24(13-20(18)27(19,25)26)10-14-3-2-6-21-8-14/h2-9,11,18,20H,10,12-13H2,1H3/t18-,20+/m0/s1. The van der Waals surface area contributed by atoms with Crippen molar-refractivity contribution < 1.29 is 8.42 Å². The van der Waals surface area contributed by atoms with Gasteiger partial charge in [0, 0.05) is 56.8 Å². The molecule has 0 saturated carbocycles. The average Bonchev–Trinajstić information content (AvgIpc) is 3.33. The predicted molar refractivity (Wildman–Crippen MR) is 102 cm³/mol. The van der Waals surface area contributed by atoms with Crippen LogP contribution in [0.2, 0.25) is 0 Å². The Hall–Kier alpha value is -2.51. The third-order valence-electron chi connectivity index (χ3n) is 5.62. The maximum atomic E-state index is 13.1. The first-order chi connectivity index (χ1) is 13.0. The number of rotatable bonds is 3. The van der Waals surface area contributed by atoms with Crippen LogP contribution in [0.1, 0.15) is 17.0 Å². The smallest absolute Gasteiger partial charge is 0.183 e. The molecular formula is C20H20N4O2S. The molecule has 1 fully saturated rings. The summed E-state index contributed by atoms with van der Waals surface area (Å²) in [6, 6.07) is 9.66. The third-order valence-corrected chi connectivity index (χ3v) is 7.88. The molecule has 0 N–H and O–H groups in total. The van der Waals surface area contributed by atoms with Crippen LogP contribution in [-0.2, 0) is 23.4 Å². The number of nitrogens with zero attached hydrogens (tertiary/aromatic N) is 4. The Bertz CT molecular complexity index is 1110. The summed E-state index contributed by atoms with van der Waals surface area (Å²) in [6.45, 7) is 2.05. The van der Waals surface area contributed by atoms with Crippen LogP contribution in [0.3, 0.4) is 0 Å². The van der Waals surface area contributed by atoms with Gasteiger partial charge in [-0.05, 0) is 34.9 Å². The van der Waals surface area contributed by atoms with Crippen molar-refractivity contribution in [1.29, 1.82) is 0 Å². The molecule has 0 spiro atoms. The van der Waals surface area contributed by atoms with Gasteiger partial charge in [-0.25, -0.2) is 8.42 Å². The summed E-state index contributed by atoms with van der Waals surface area (Å²) in [5.74, 6) is 0.0262. The van der Waals surface area contributed by atoms with Crippen LogP contribution in [0.25, 0.3) is 11.1 Å². The van der Waals surface area contributed by atoms with Crippen molar-refractivity contribution in [2.45, 2.75) is 22.6 Å². The lowest BCUT2D eigenvalue weighted by Crippen LogP contribution is -2.25. The van der Waals surface area contributed by atoms with Crippen LogP contribution in [0.4, 0.5) is 0 Å². The van der Waals surface area contributed by atoms with Crippen molar-refractivity contribution in [3.8, 4) is 11.1 Å². The Morgan fingerprint density at radius 2 is 2.04 bits per heavy atom. The van der Waals surface area contributed by atoms with E-state index in [0.717, 1.165) is 35.3 Å². The van der Waals surface area contributed by atoms with E-state index in [0.29, 0.717) is 11.4 Å². The van der Waals surface area contributed by atoms with Crippen LogP contribution in [0.15, 0.2) is 60.0 Å². The first-order valence-electron chi connectivity index (χ1n) is 9.00. The molecule has 0 unspecified atom stereocenters. The average molecular weight is 380 g/mol. The molecule has 0 aliphatic carbocycles. The maximum absolute atomic E-state index is 13.1. The summed E-state index contributed by atoms with van der Waals surface area (Å²) < 4.78 is 27.9. The van der Waals surface area contributed by atoms with Crippen LogP contribution in [0, 0.1) is 0 Å². The van der Waals surface area contributed by atoms with E-state index in [1.165, 1.54) is 0 Å². The second kappa shape index (κ2) is 6.00.